The summed E-state index contributed by atoms with van der Waals surface area (Å²) in [5.74, 6) is 3.96. The molecule has 0 aromatic carbocycles. The van der Waals surface area contributed by atoms with Gasteiger partial charge in [-0.25, -0.2) is 0 Å². The molecule has 8 heteroatoms. The molecule has 1 aliphatic heterocycles. The highest BCUT2D eigenvalue weighted by Crippen LogP contribution is 2.47. The van der Waals surface area contributed by atoms with E-state index < -0.39 is 23.3 Å². The highest BCUT2D eigenvalue weighted by Gasteiger charge is 2.66. The Bertz CT molecular complexity index is 586. The molecule has 0 aromatic rings. The van der Waals surface area contributed by atoms with Crippen LogP contribution in [0.3, 0.4) is 0 Å². The van der Waals surface area contributed by atoms with Crippen molar-refractivity contribution in [2.75, 3.05) is 25.7 Å². The number of carbonyl (C=O) groups excluding carboxylic acids is 2. The van der Waals surface area contributed by atoms with Crippen LogP contribution in [0.15, 0.2) is 0 Å². The van der Waals surface area contributed by atoms with Gasteiger partial charge in [0, 0.05) is 20.6 Å². The van der Waals surface area contributed by atoms with E-state index in [1.54, 1.807) is 20.8 Å². The first kappa shape index (κ1) is 23.5. The fourth-order valence-corrected chi connectivity index (χ4v) is 4.06. The molecule has 0 spiro atoms. The standard InChI is InChI=1S/C18H28O6S2/c1-8-11-12-18(15(20)26-10-3)13(14(19)25-9-2)23-16(4,21-6)17(5,22-7)24-18/h13H,9-10,12H2,1-7H3/t13-,16+,17+,18-/m0/s1. The van der Waals surface area contributed by atoms with E-state index in [1.165, 1.54) is 14.2 Å². The third-order valence-corrected chi connectivity index (χ3v) is 6.08. The lowest BCUT2D eigenvalue weighted by molar-refractivity contribution is -0.453. The van der Waals surface area contributed by atoms with Crippen molar-refractivity contribution in [3.8, 4) is 11.8 Å². The van der Waals surface area contributed by atoms with Gasteiger partial charge in [0.1, 0.15) is 0 Å². The molecule has 6 nitrogen and oxygen atoms in total. The first-order valence-corrected chi connectivity index (χ1v) is 10.4. The molecule has 0 saturated carbocycles. The number of ether oxygens (including phenoxy) is 4. The molecule has 0 aromatic heterocycles. The summed E-state index contributed by atoms with van der Waals surface area (Å²) in [5, 5.41) is -0.601. The molecule has 1 heterocycles. The van der Waals surface area contributed by atoms with Gasteiger partial charge in [0.2, 0.25) is 21.8 Å². The van der Waals surface area contributed by atoms with Gasteiger partial charge in [0.05, 0.1) is 0 Å². The normalized spacial score (nSPS) is 34.0. The molecule has 0 N–H and O–H groups in total. The zero-order valence-electron chi connectivity index (χ0n) is 16.5. The fourth-order valence-electron chi connectivity index (χ4n) is 2.66. The van der Waals surface area contributed by atoms with Crippen molar-refractivity contribution in [1.29, 1.82) is 0 Å². The minimum atomic E-state index is -1.58. The van der Waals surface area contributed by atoms with Crippen LogP contribution in [0.1, 0.15) is 41.0 Å². The van der Waals surface area contributed by atoms with Crippen LogP contribution < -0.4 is 0 Å². The second-order valence-corrected chi connectivity index (χ2v) is 8.37. The topological polar surface area (TPSA) is 71.1 Å². The van der Waals surface area contributed by atoms with Gasteiger partial charge in [0.15, 0.2) is 11.7 Å². The molecule has 26 heavy (non-hydrogen) atoms. The summed E-state index contributed by atoms with van der Waals surface area (Å²) in [6.45, 7) is 8.64. The molecule has 0 amide bonds. The molecule has 0 aliphatic carbocycles. The molecule has 1 fully saturated rings. The third kappa shape index (κ3) is 4.29. The average Bonchev–Trinajstić information content (AvgIpc) is 2.62. The zero-order chi connectivity index (χ0) is 20.0. The smallest absolute Gasteiger partial charge is 0.225 e. The maximum absolute atomic E-state index is 13.1. The van der Waals surface area contributed by atoms with Gasteiger partial charge in [0.25, 0.3) is 0 Å². The van der Waals surface area contributed by atoms with Crippen molar-refractivity contribution in [1.82, 2.24) is 0 Å². The van der Waals surface area contributed by atoms with E-state index in [0.29, 0.717) is 11.5 Å². The molecular weight excluding hydrogens is 376 g/mol. The van der Waals surface area contributed by atoms with Gasteiger partial charge in [-0.15, -0.1) is 5.92 Å². The maximum Gasteiger partial charge on any atom is 0.225 e. The zero-order valence-corrected chi connectivity index (χ0v) is 18.1. The van der Waals surface area contributed by atoms with Gasteiger partial charge < -0.3 is 18.9 Å². The Morgan fingerprint density at radius 3 is 2.12 bits per heavy atom. The number of rotatable bonds is 7. The van der Waals surface area contributed by atoms with Gasteiger partial charge in [-0.05, 0) is 32.3 Å². The molecule has 1 aliphatic rings. The lowest BCUT2D eigenvalue weighted by Crippen LogP contribution is -2.72. The monoisotopic (exact) mass is 404 g/mol. The molecule has 0 bridgehead atoms. The minimum Gasteiger partial charge on any atom is -0.349 e. The minimum absolute atomic E-state index is 0.0226. The third-order valence-electron chi connectivity index (χ3n) is 4.40. The quantitative estimate of drug-likeness (QED) is 0.600. The summed E-state index contributed by atoms with van der Waals surface area (Å²) in [6.07, 6.45) is -1.14. The molecule has 1 rings (SSSR count). The second-order valence-electron chi connectivity index (χ2n) is 5.87. The summed E-state index contributed by atoms with van der Waals surface area (Å²) in [7, 11) is 2.88. The summed E-state index contributed by atoms with van der Waals surface area (Å²) in [6, 6.07) is 0. The Morgan fingerprint density at radius 2 is 1.65 bits per heavy atom. The van der Waals surface area contributed by atoms with Crippen molar-refractivity contribution >= 4 is 33.8 Å². The Balaban J connectivity index is 3.57. The van der Waals surface area contributed by atoms with E-state index in [-0.39, 0.29) is 16.7 Å². The van der Waals surface area contributed by atoms with Crippen molar-refractivity contribution in [3.63, 3.8) is 0 Å². The van der Waals surface area contributed by atoms with Crippen LogP contribution in [0.2, 0.25) is 0 Å². The summed E-state index contributed by atoms with van der Waals surface area (Å²) >= 11 is 2.15. The number of hydrogen-bond donors (Lipinski definition) is 0. The molecule has 0 radical (unpaired) electrons. The van der Waals surface area contributed by atoms with Crippen LogP contribution in [0.4, 0.5) is 0 Å². The van der Waals surface area contributed by atoms with E-state index in [1.807, 2.05) is 13.8 Å². The fraction of sp³-hybridized carbons (Fsp3) is 0.778. The molecule has 1 saturated heterocycles. The molecule has 0 unspecified atom stereocenters. The maximum atomic E-state index is 13.1. The predicted molar refractivity (Wildman–Crippen MR) is 104 cm³/mol. The largest absolute Gasteiger partial charge is 0.349 e. The van der Waals surface area contributed by atoms with E-state index in [9.17, 15) is 9.59 Å². The van der Waals surface area contributed by atoms with Gasteiger partial charge in [-0.3, -0.25) is 9.59 Å². The Hall–Kier alpha value is -0.560. The van der Waals surface area contributed by atoms with Crippen LogP contribution in [-0.4, -0.2) is 59.2 Å². The van der Waals surface area contributed by atoms with E-state index >= 15 is 0 Å². The average molecular weight is 405 g/mol. The lowest BCUT2D eigenvalue weighted by atomic mass is 9.90. The highest BCUT2D eigenvalue weighted by molar-refractivity contribution is 8.14. The Labute approximate surface area is 164 Å². The van der Waals surface area contributed by atoms with Crippen molar-refractivity contribution in [3.05, 3.63) is 0 Å². The summed E-state index contributed by atoms with van der Waals surface area (Å²) < 4.78 is 23.3. The lowest BCUT2D eigenvalue weighted by Gasteiger charge is -2.55. The number of carbonyl (C=O) groups is 2. The predicted octanol–water partition coefficient (Wildman–Crippen LogP) is 2.84. The van der Waals surface area contributed by atoms with Crippen LogP contribution in [0.5, 0.6) is 0 Å². The Morgan fingerprint density at radius 1 is 1.08 bits per heavy atom. The Kier molecular flexibility index (Phi) is 8.65. The second kappa shape index (κ2) is 9.58. The summed E-state index contributed by atoms with van der Waals surface area (Å²) in [5.41, 5.74) is -1.58. The molecule has 4 atom stereocenters. The van der Waals surface area contributed by atoms with Crippen molar-refractivity contribution < 1.29 is 28.5 Å². The van der Waals surface area contributed by atoms with Gasteiger partial charge >= 0.3 is 0 Å². The van der Waals surface area contributed by atoms with E-state index in [2.05, 4.69) is 11.8 Å². The summed E-state index contributed by atoms with van der Waals surface area (Å²) in [4.78, 5) is 25.9. The van der Waals surface area contributed by atoms with Crippen LogP contribution >= 0.6 is 23.5 Å². The van der Waals surface area contributed by atoms with Crippen LogP contribution in [-0.2, 0) is 28.5 Å². The first-order chi connectivity index (χ1) is 12.2. The van der Waals surface area contributed by atoms with E-state index in [4.69, 9.17) is 18.9 Å². The number of methoxy groups -OCH3 is 2. The number of hydrogen-bond acceptors (Lipinski definition) is 8. The highest BCUT2D eigenvalue weighted by atomic mass is 32.2. The van der Waals surface area contributed by atoms with Crippen LogP contribution in [0.25, 0.3) is 0 Å². The van der Waals surface area contributed by atoms with Crippen molar-refractivity contribution in [2.24, 2.45) is 0 Å². The molecular formula is C18H28O6S2. The number of thioether (sulfide) groups is 2. The van der Waals surface area contributed by atoms with E-state index in [0.717, 1.165) is 23.5 Å². The van der Waals surface area contributed by atoms with Gasteiger partial charge in [-0.1, -0.05) is 43.3 Å². The van der Waals surface area contributed by atoms with Crippen LogP contribution in [0, 0.1) is 11.8 Å². The SMILES string of the molecule is CC#CC[C@]1(C(=O)SCC)O[C@@](C)(OC)[C@](C)(OC)O[C@H]1C(=O)SCC. The molecule has 148 valence electrons. The van der Waals surface area contributed by atoms with Gasteiger partial charge in [-0.2, -0.15) is 0 Å². The first-order valence-electron chi connectivity index (χ1n) is 8.42. The van der Waals surface area contributed by atoms with Crippen molar-refractivity contribution in [2.45, 2.75) is 64.3 Å².